The van der Waals surface area contributed by atoms with Crippen LogP contribution in [0.5, 0.6) is 0 Å². The molecule has 1 amide bonds. The first kappa shape index (κ1) is 12.0. The summed E-state index contributed by atoms with van der Waals surface area (Å²) in [6, 6.07) is 0. The van der Waals surface area contributed by atoms with E-state index in [1.807, 2.05) is 0 Å². The van der Waals surface area contributed by atoms with E-state index < -0.39 is 17.3 Å². The van der Waals surface area contributed by atoms with E-state index in [4.69, 9.17) is 19.0 Å². The number of hydrogen-bond donors (Lipinski definition) is 3. The van der Waals surface area contributed by atoms with Crippen molar-refractivity contribution in [3.8, 4) is 0 Å². The maximum absolute atomic E-state index is 9.82. The SMILES string of the molecule is C=C(C)C(N)=O.O=S(O)O. The summed E-state index contributed by atoms with van der Waals surface area (Å²) in [6.07, 6.45) is 0. The molecule has 0 heterocycles. The fraction of sp³-hybridized carbons (Fsp3) is 0.250. The molecule has 0 aliphatic rings. The largest absolute Gasteiger partial charge is 0.366 e. The van der Waals surface area contributed by atoms with Crippen LogP contribution < -0.4 is 5.73 Å². The number of rotatable bonds is 1. The average Bonchev–Trinajstić information content (AvgIpc) is 1.63. The van der Waals surface area contributed by atoms with E-state index in [9.17, 15) is 4.79 Å². The Morgan fingerprint density at radius 3 is 1.70 bits per heavy atom. The first-order chi connectivity index (χ1) is 4.37. The molecule has 60 valence electrons. The van der Waals surface area contributed by atoms with Crippen LogP contribution in [-0.4, -0.2) is 19.2 Å². The Kier molecular flexibility index (Phi) is 7.68. The smallest absolute Gasteiger partial charge is 0.299 e. The molecular weight excluding hydrogens is 158 g/mol. The Bertz CT molecular complexity index is 139. The van der Waals surface area contributed by atoms with Gasteiger partial charge in [0, 0.05) is 5.57 Å². The number of carbonyl (C=O) groups is 1. The minimum atomic E-state index is -2.61. The molecule has 0 aliphatic heterocycles. The number of primary amides is 1. The second-order valence-corrected chi connectivity index (χ2v) is 1.84. The van der Waals surface area contributed by atoms with E-state index in [0.717, 1.165) is 0 Å². The zero-order valence-corrected chi connectivity index (χ0v) is 6.22. The minimum absolute atomic E-state index is 0.398. The molecule has 0 saturated carbocycles. The van der Waals surface area contributed by atoms with Crippen LogP contribution in [0.25, 0.3) is 0 Å². The van der Waals surface area contributed by atoms with Crippen LogP contribution in [0.3, 0.4) is 0 Å². The number of carbonyl (C=O) groups excluding carboxylic acids is 1. The molecule has 0 aromatic carbocycles. The highest BCUT2D eigenvalue weighted by molar-refractivity contribution is 7.73. The van der Waals surface area contributed by atoms with E-state index in [1.165, 1.54) is 0 Å². The summed E-state index contributed by atoms with van der Waals surface area (Å²) in [5.74, 6) is -0.435. The van der Waals surface area contributed by atoms with Crippen molar-refractivity contribution in [2.45, 2.75) is 6.92 Å². The Hall–Kier alpha value is -0.720. The fourth-order valence-corrected chi connectivity index (χ4v) is 0. The molecule has 5 nitrogen and oxygen atoms in total. The summed E-state index contributed by atoms with van der Waals surface area (Å²) in [4.78, 5) is 9.82. The molecule has 0 unspecified atom stereocenters. The van der Waals surface area contributed by atoms with Gasteiger partial charge in [0.05, 0.1) is 0 Å². The average molecular weight is 167 g/mol. The van der Waals surface area contributed by atoms with Crippen LogP contribution in [-0.2, 0) is 16.2 Å². The van der Waals surface area contributed by atoms with Gasteiger partial charge in [-0.25, -0.2) is 0 Å². The lowest BCUT2D eigenvalue weighted by Gasteiger charge is -1.81. The van der Waals surface area contributed by atoms with E-state index in [1.54, 1.807) is 6.92 Å². The van der Waals surface area contributed by atoms with Crippen LogP contribution >= 0.6 is 0 Å². The first-order valence-electron chi connectivity index (χ1n) is 2.13. The number of hydrogen-bond acceptors (Lipinski definition) is 2. The van der Waals surface area contributed by atoms with Gasteiger partial charge in [0.15, 0.2) is 0 Å². The lowest BCUT2D eigenvalue weighted by atomic mass is 10.3. The van der Waals surface area contributed by atoms with Gasteiger partial charge in [0.2, 0.25) is 5.91 Å². The summed E-state index contributed by atoms with van der Waals surface area (Å²) in [7, 11) is 0. The van der Waals surface area contributed by atoms with Gasteiger partial charge in [-0.2, -0.15) is 4.21 Å². The summed E-state index contributed by atoms with van der Waals surface area (Å²) >= 11 is -2.61. The van der Waals surface area contributed by atoms with Gasteiger partial charge >= 0.3 is 0 Å². The van der Waals surface area contributed by atoms with Crippen molar-refractivity contribution >= 4 is 17.3 Å². The third kappa shape index (κ3) is 26.7. The molecule has 10 heavy (non-hydrogen) atoms. The number of amides is 1. The molecule has 0 bridgehead atoms. The van der Waals surface area contributed by atoms with Crippen molar-refractivity contribution < 1.29 is 18.1 Å². The van der Waals surface area contributed by atoms with E-state index >= 15 is 0 Å². The lowest BCUT2D eigenvalue weighted by molar-refractivity contribution is -0.114. The number of nitrogens with two attached hydrogens (primary N) is 1. The Morgan fingerprint density at radius 1 is 1.60 bits per heavy atom. The van der Waals surface area contributed by atoms with Crippen molar-refractivity contribution in [2.75, 3.05) is 0 Å². The molecule has 0 aromatic heterocycles. The van der Waals surface area contributed by atoms with Gasteiger partial charge in [-0.05, 0) is 6.92 Å². The van der Waals surface area contributed by atoms with E-state index in [2.05, 4.69) is 6.58 Å². The molecule has 0 aromatic rings. The summed E-state index contributed by atoms with van der Waals surface area (Å²) < 4.78 is 22.8. The van der Waals surface area contributed by atoms with Crippen LogP contribution in [0.2, 0.25) is 0 Å². The molecular formula is C4H9NO4S. The van der Waals surface area contributed by atoms with Gasteiger partial charge in [0.25, 0.3) is 11.4 Å². The van der Waals surface area contributed by atoms with Gasteiger partial charge in [0.1, 0.15) is 0 Å². The molecule has 0 aliphatic carbocycles. The van der Waals surface area contributed by atoms with Gasteiger partial charge in [-0.3, -0.25) is 13.9 Å². The monoisotopic (exact) mass is 167 g/mol. The first-order valence-corrected chi connectivity index (χ1v) is 3.19. The summed E-state index contributed by atoms with van der Waals surface area (Å²) in [5.41, 5.74) is 5.09. The molecule has 0 radical (unpaired) electrons. The summed E-state index contributed by atoms with van der Waals surface area (Å²) in [6.45, 7) is 4.85. The zero-order chi connectivity index (χ0) is 8.73. The Balaban J connectivity index is 0. The maximum atomic E-state index is 9.82. The topological polar surface area (TPSA) is 101 Å². The quantitative estimate of drug-likeness (QED) is 0.369. The predicted octanol–water partition coefficient (Wildman–Crippen LogP) is -0.271. The molecule has 0 atom stereocenters. The van der Waals surface area contributed by atoms with Crippen molar-refractivity contribution in [3.05, 3.63) is 12.2 Å². The molecule has 6 heteroatoms. The van der Waals surface area contributed by atoms with Gasteiger partial charge in [-0.15, -0.1) is 0 Å². The van der Waals surface area contributed by atoms with E-state index in [-0.39, 0.29) is 0 Å². The third-order valence-corrected chi connectivity index (χ3v) is 0.421. The summed E-state index contributed by atoms with van der Waals surface area (Å²) in [5, 5.41) is 0. The van der Waals surface area contributed by atoms with Crippen molar-refractivity contribution in [1.29, 1.82) is 0 Å². The minimum Gasteiger partial charge on any atom is -0.366 e. The van der Waals surface area contributed by atoms with Crippen LogP contribution in [0.15, 0.2) is 12.2 Å². The zero-order valence-electron chi connectivity index (χ0n) is 5.40. The molecule has 0 fully saturated rings. The Morgan fingerprint density at radius 2 is 1.70 bits per heavy atom. The van der Waals surface area contributed by atoms with Crippen LogP contribution in [0, 0.1) is 0 Å². The lowest BCUT2D eigenvalue weighted by Crippen LogP contribution is -2.10. The van der Waals surface area contributed by atoms with Crippen LogP contribution in [0.4, 0.5) is 0 Å². The predicted molar refractivity (Wildman–Crippen MR) is 37.4 cm³/mol. The van der Waals surface area contributed by atoms with Gasteiger partial charge in [-0.1, -0.05) is 6.58 Å². The standard InChI is InChI=1S/C4H7NO.H2O3S/c1-3(2)4(5)6;1-4(2)3/h1H2,2H3,(H2,5,6);(H2,1,2,3). The van der Waals surface area contributed by atoms with Crippen molar-refractivity contribution in [3.63, 3.8) is 0 Å². The highest BCUT2D eigenvalue weighted by atomic mass is 32.2. The highest BCUT2D eigenvalue weighted by Gasteiger charge is 1.86. The van der Waals surface area contributed by atoms with Crippen molar-refractivity contribution in [1.82, 2.24) is 0 Å². The van der Waals surface area contributed by atoms with Gasteiger partial charge < -0.3 is 5.73 Å². The van der Waals surface area contributed by atoms with Crippen molar-refractivity contribution in [2.24, 2.45) is 5.73 Å². The fourth-order valence-electron chi connectivity index (χ4n) is 0. The Labute approximate surface area is 61.0 Å². The molecule has 0 rings (SSSR count). The molecule has 0 spiro atoms. The molecule has 4 N–H and O–H groups in total. The maximum Gasteiger partial charge on any atom is 0.299 e. The normalized spacial score (nSPS) is 8.00. The van der Waals surface area contributed by atoms with E-state index in [0.29, 0.717) is 5.57 Å². The second kappa shape index (κ2) is 6.40. The second-order valence-electron chi connectivity index (χ2n) is 1.38. The third-order valence-electron chi connectivity index (χ3n) is 0.421. The van der Waals surface area contributed by atoms with Crippen LogP contribution in [0.1, 0.15) is 6.92 Å². The molecule has 0 saturated heterocycles. The highest BCUT2D eigenvalue weighted by Crippen LogP contribution is 1.78.